The Balaban J connectivity index is 2.17. The molecule has 0 bridgehead atoms. The van der Waals surface area contributed by atoms with Gasteiger partial charge in [0.15, 0.2) is 5.60 Å². The molecule has 16 heavy (non-hydrogen) atoms. The van der Waals surface area contributed by atoms with Crippen LogP contribution in [0.1, 0.15) is 58.8 Å². The number of hydrogen-bond donors (Lipinski definition) is 1. The van der Waals surface area contributed by atoms with Crippen LogP contribution >= 0.6 is 0 Å². The van der Waals surface area contributed by atoms with Gasteiger partial charge in [0.05, 0.1) is 0 Å². The number of alkyl carbamates (subject to hydrolysis) is 1. The molecule has 0 aromatic carbocycles. The highest BCUT2D eigenvalue weighted by atomic mass is 16.6. The second kappa shape index (κ2) is 5.87. The van der Waals surface area contributed by atoms with E-state index in [0.717, 1.165) is 12.8 Å². The van der Waals surface area contributed by atoms with Crippen LogP contribution in [0.2, 0.25) is 0 Å². The Labute approximate surface area is 96.7 Å². The third-order valence-electron chi connectivity index (χ3n) is 3.02. The van der Waals surface area contributed by atoms with Gasteiger partial charge in [-0.05, 0) is 19.8 Å². The number of amides is 2. The highest BCUT2D eigenvalue weighted by molar-refractivity contribution is 6.02. The fraction of sp³-hybridized carbons (Fsp3) is 0.833. The van der Waals surface area contributed by atoms with E-state index in [1.54, 1.807) is 6.92 Å². The quantitative estimate of drug-likeness (QED) is 0.680. The highest BCUT2D eigenvalue weighted by Gasteiger charge is 2.43. The number of hydrogen-bond acceptors (Lipinski definition) is 3. The normalized spacial score (nSPS) is 24.4. The average Bonchev–Trinajstić information content (AvgIpc) is 2.47. The molecule has 1 atom stereocenters. The molecule has 0 aromatic heterocycles. The molecule has 0 spiro atoms. The first-order valence-corrected chi connectivity index (χ1v) is 6.13. The molecule has 0 aliphatic carbocycles. The summed E-state index contributed by atoms with van der Waals surface area (Å²) >= 11 is 0. The Bertz CT molecular complexity index is 265. The standard InChI is InChI=1S/C12H21NO3/c1-3-4-5-6-7-8-9-12(2)10(14)13-11(15)16-12/h3-9H2,1-2H3,(H,13,14,15). The lowest BCUT2D eigenvalue weighted by Gasteiger charge is -2.18. The summed E-state index contributed by atoms with van der Waals surface area (Å²) < 4.78 is 4.99. The topological polar surface area (TPSA) is 55.4 Å². The largest absolute Gasteiger partial charge is 0.433 e. The maximum absolute atomic E-state index is 11.4. The van der Waals surface area contributed by atoms with E-state index in [0.29, 0.717) is 6.42 Å². The van der Waals surface area contributed by atoms with Crippen LogP contribution in [0.15, 0.2) is 0 Å². The first-order chi connectivity index (χ1) is 7.58. The summed E-state index contributed by atoms with van der Waals surface area (Å²) in [4.78, 5) is 22.3. The SMILES string of the molecule is CCCCCCCCC1(C)OC(=O)NC1=O. The van der Waals surface area contributed by atoms with Crippen LogP contribution in [-0.4, -0.2) is 17.6 Å². The summed E-state index contributed by atoms with van der Waals surface area (Å²) in [6.07, 6.45) is 6.99. The van der Waals surface area contributed by atoms with Crippen molar-refractivity contribution in [3.05, 3.63) is 0 Å². The molecule has 4 nitrogen and oxygen atoms in total. The Morgan fingerprint density at radius 3 is 2.31 bits per heavy atom. The fourth-order valence-corrected chi connectivity index (χ4v) is 1.91. The number of nitrogens with one attached hydrogen (secondary N) is 1. The van der Waals surface area contributed by atoms with E-state index in [2.05, 4.69) is 12.2 Å². The molecule has 1 unspecified atom stereocenters. The Morgan fingerprint density at radius 1 is 1.12 bits per heavy atom. The van der Waals surface area contributed by atoms with Gasteiger partial charge < -0.3 is 4.74 Å². The van der Waals surface area contributed by atoms with Gasteiger partial charge in [0.2, 0.25) is 0 Å². The summed E-state index contributed by atoms with van der Waals surface area (Å²) in [6.45, 7) is 3.86. The maximum atomic E-state index is 11.4. The zero-order chi connectivity index (χ0) is 12.0. The van der Waals surface area contributed by atoms with E-state index in [1.165, 1.54) is 25.7 Å². The van der Waals surface area contributed by atoms with Crippen LogP contribution in [0, 0.1) is 0 Å². The molecule has 92 valence electrons. The minimum absolute atomic E-state index is 0.300. The van der Waals surface area contributed by atoms with Crippen molar-refractivity contribution < 1.29 is 14.3 Å². The van der Waals surface area contributed by atoms with Gasteiger partial charge in [-0.15, -0.1) is 0 Å². The Kier molecular flexibility index (Phi) is 4.77. The molecule has 1 aliphatic rings. The van der Waals surface area contributed by atoms with Gasteiger partial charge in [0.25, 0.3) is 5.91 Å². The van der Waals surface area contributed by atoms with E-state index < -0.39 is 11.7 Å². The molecule has 1 saturated heterocycles. The molecule has 0 radical (unpaired) electrons. The summed E-state index contributed by atoms with van der Waals surface area (Å²) in [6, 6.07) is 0. The van der Waals surface area contributed by atoms with Crippen molar-refractivity contribution in [2.24, 2.45) is 0 Å². The van der Waals surface area contributed by atoms with Gasteiger partial charge in [0.1, 0.15) is 0 Å². The molecule has 1 N–H and O–H groups in total. The number of ether oxygens (including phenoxy) is 1. The number of carbonyl (C=O) groups excluding carboxylic acids is 2. The number of rotatable bonds is 7. The van der Waals surface area contributed by atoms with Gasteiger partial charge in [-0.2, -0.15) is 0 Å². The lowest BCUT2D eigenvalue weighted by atomic mass is 9.97. The lowest BCUT2D eigenvalue weighted by Crippen LogP contribution is -2.35. The zero-order valence-electron chi connectivity index (χ0n) is 10.2. The van der Waals surface area contributed by atoms with E-state index in [4.69, 9.17) is 4.74 Å². The van der Waals surface area contributed by atoms with Crippen LogP contribution in [0.4, 0.5) is 4.79 Å². The maximum Gasteiger partial charge on any atom is 0.415 e. The van der Waals surface area contributed by atoms with Crippen molar-refractivity contribution in [2.75, 3.05) is 0 Å². The summed E-state index contributed by atoms with van der Waals surface area (Å²) in [5.41, 5.74) is -0.929. The van der Waals surface area contributed by atoms with Gasteiger partial charge in [-0.1, -0.05) is 39.0 Å². The van der Waals surface area contributed by atoms with Crippen molar-refractivity contribution in [3.63, 3.8) is 0 Å². The minimum Gasteiger partial charge on any atom is -0.433 e. The van der Waals surface area contributed by atoms with E-state index in [9.17, 15) is 9.59 Å². The molecular formula is C12H21NO3. The first kappa shape index (κ1) is 13.0. The summed E-state index contributed by atoms with van der Waals surface area (Å²) in [5.74, 6) is -0.300. The number of carbonyl (C=O) groups is 2. The number of cyclic esters (lactones) is 1. The molecule has 1 aliphatic heterocycles. The van der Waals surface area contributed by atoms with Gasteiger partial charge in [-0.3, -0.25) is 10.1 Å². The predicted molar refractivity (Wildman–Crippen MR) is 61.0 cm³/mol. The molecule has 4 heteroatoms. The molecule has 2 amide bonds. The second-order valence-corrected chi connectivity index (χ2v) is 4.59. The lowest BCUT2D eigenvalue weighted by molar-refractivity contribution is -0.130. The van der Waals surface area contributed by atoms with Crippen molar-refractivity contribution in [2.45, 2.75) is 64.4 Å². The Hall–Kier alpha value is -1.06. The van der Waals surface area contributed by atoms with Crippen molar-refractivity contribution in [1.82, 2.24) is 5.32 Å². The van der Waals surface area contributed by atoms with Crippen LogP contribution < -0.4 is 5.32 Å². The molecule has 1 rings (SSSR count). The third-order valence-corrected chi connectivity index (χ3v) is 3.02. The summed E-state index contributed by atoms with van der Waals surface area (Å²) in [7, 11) is 0. The zero-order valence-corrected chi connectivity index (χ0v) is 10.2. The van der Waals surface area contributed by atoms with E-state index >= 15 is 0 Å². The molecule has 1 fully saturated rings. The minimum atomic E-state index is -0.929. The molecular weight excluding hydrogens is 206 g/mol. The molecule has 0 aromatic rings. The predicted octanol–water partition coefficient (Wildman–Crippen LogP) is 2.76. The van der Waals surface area contributed by atoms with Crippen LogP contribution in [-0.2, 0) is 9.53 Å². The van der Waals surface area contributed by atoms with Crippen LogP contribution in [0.25, 0.3) is 0 Å². The van der Waals surface area contributed by atoms with Crippen LogP contribution in [0.3, 0.4) is 0 Å². The summed E-state index contributed by atoms with van der Waals surface area (Å²) in [5, 5.41) is 2.17. The highest BCUT2D eigenvalue weighted by Crippen LogP contribution is 2.24. The second-order valence-electron chi connectivity index (χ2n) is 4.59. The number of imide groups is 1. The molecule has 1 heterocycles. The van der Waals surface area contributed by atoms with Crippen molar-refractivity contribution in [3.8, 4) is 0 Å². The fourth-order valence-electron chi connectivity index (χ4n) is 1.91. The van der Waals surface area contributed by atoms with E-state index in [1.807, 2.05) is 0 Å². The van der Waals surface area contributed by atoms with Gasteiger partial charge >= 0.3 is 6.09 Å². The molecule has 0 saturated carbocycles. The van der Waals surface area contributed by atoms with Crippen LogP contribution in [0.5, 0.6) is 0 Å². The Morgan fingerprint density at radius 2 is 1.75 bits per heavy atom. The first-order valence-electron chi connectivity index (χ1n) is 6.13. The van der Waals surface area contributed by atoms with Crippen molar-refractivity contribution >= 4 is 12.0 Å². The smallest absolute Gasteiger partial charge is 0.415 e. The number of unbranched alkanes of at least 4 members (excludes halogenated alkanes) is 5. The monoisotopic (exact) mass is 227 g/mol. The average molecular weight is 227 g/mol. The van der Waals surface area contributed by atoms with E-state index in [-0.39, 0.29) is 5.91 Å². The van der Waals surface area contributed by atoms with Gasteiger partial charge in [-0.25, -0.2) is 4.79 Å². The van der Waals surface area contributed by atoms with Crippen molar-refractivity contribution in [1.29, 1.82) is 0 Å². The third kappa shape index (κ3) is 3.51. The van der Waals surface area contributed by atoms with Gasteiger partial charge in [0, 0.05) is 0 Å².